The van der Waals surface area contributed by atoms with Crippen LogP contribution < -0.4 is 14.8 Å². The second-order valence-electron chi connectivity index (χ2n) is 5.82. The molecule has 0 amide bonds. The fourth-order valence-corrected chi connectivity index (χ4v) is 2.56. The van der Waals surface area contributed by atoms with Gasteiger partial charge in [0, 0.05) is 24.6 Å². The minimum Gasteiger partial charge on any atom is -0.493 e. The summed E-state index contributed by atoms with van der Waals surface area (Å²) in [5.41, 5.74) is 0.213. The van der Waals surface area contributed by atoms with E-state index in [1.807, 2.05) is 6.92 Å². The largest absolute Gasteiger partial charge is 0.493 e. The number of hydrogen-bond acceptors (Lipinski definition) is 5. The van der Waals surface area contributed by atoms with Gasteiger partial charge in [0.05, 0.1) is 18.6 Å². The summed E-state index contributed by atoms with van der Waals surface area (Å²) in [4.78, 5) is 10.6. The van der Waals surface area contributed by atoms with E-state index in [4.69, 9.17) is 9.47 Å². The number of ether oxygens (including phenoxy) is 2. The number of methoxy groups -OCH3 is 1. The van der Waals surface area contributed by atoms with Crippen molar-refractivity contribution in [3.05, 3.63) is 57.6 Å². The van der Waals surface area contributed by atoms with Gasteiger partial charge < -0.3 is 14.8 Å². The number of rotatable bonds is 9. The summed E-state index contributed by atoms with van der Waals surface area (Å²) in [6, 6.07) is 8.73. The van der Waals surface area contributed by atoms with Gasteiger partial charge in [-0.15, -0.1) is 0 Å². The normalized spacial score (nSPS) is 11.1. The maximum absolute atomic E-state index is 13.8. The maximum atomic E-state index is 13.8. The third-order valence-electron chi connectivity index (χ3n) is 4.07. The number of alkyl halides is 2. The standard InChI is InChI=1S/C19H22F2N2O4/c1-4-19(20,21)14-7-8-15(16(11-14)23(24)25)22-12-13-6-9-17(26-3)18(10-13)27-5-2/h6-11,22H,4-5,12H2,1-3H3. The molecule has 0 spiro atoms. The van der Waals surface area contributed by atoms with Crippen LogP contribution in [0.3, 0.4) is 0 Å². The molecule has 0 saturated carbocycles. The summed E-state index contributed by atoms with van der Waals surface area (Å²) in [5, 5.41) is 14.2. The van der Waals surface area contributed by atoms with E-state index in [-0.39, 0.29) is 23.5 Å². The highest BCUT2D eigenvalue weighted by Crippen LogP contribution is 2.36. The first kappa shape index (κ1) is 20.4. The zero-order valence-corrected chi connectivity index (χ0v) is 15.4. The van der Waals surface area contributed by atoms with Crippen LogP contribution in [-0.2, 0) is 12.5 Å². The van der Waals surface area contributed by atoms with Crippen molar-refractivity contribution in [3.63, 3.8) is 0 Å². The number of anilines is 1. The first-order chi connectivity index (χ1) is 12.8. The molecule has 1 N–H and O–H groups in total. The number of nitro benzene ring substituents is 1. The topological polar surface area (TPSA) is 73.6 Å². The monoisotopic (exact) mass is 380 g/mol. The molecule has 0 heterocycles. The molecule has 0 aliphatic rings. The van der Waals surface area contributed by atoms with Gasteiger partial charge in [0.1, 0.15) is 5.69 Å². The summed E-state index contributed by atoms with van der Waals surface area (Å²) < 4.78 is 38.4. The van der Waals surface area contributed by atoms with Crippen LogP contribution in [0.5, 0.6) is 11.5 Å². The van der Waals surface area contributed by atoms with Crippen molar-refractivity contribution in [2.45, 2.75) is 32.7 Å². The van der Waals surface area contributed by atoms with E-state index in [1.54, 1.807) is 18.2 Å². The Labute approximate surface area is 156 Å². The van der Waals surface area contributed by atoms with E-state index >= 15 is 0 Å². The van der Waals surface area contributed by atoms with Crippen LogP contribution >= 0.6 is 0 Å². The molecule has 0 fully saturated rings. The summed E-state index contributed by atoms with van der Waals surface area (Å²) in [6.07, 6.45) is -0.428. The van der Waals surface area contributed by atoms with Crippen molar-refractivity contribution in [1.82, 2.24) is 0 Å². The van der Waals surface area contributed by atoms with Crippen molar-refractivity contribution >= 4 is 11.4 Å². The van der Waals surface area contributed by atoms with Crippen LogP contribution in [0, 0.1) is 10.1 Å². The van der Waals surface area contributed by atoms with Gasteiger partial charge in [-0.25, -0.2) is 8.78 Å². The lowest BCUT2D eigenvalue weighted by Crippen LogP contribution is -2.12. The van der Waals surface area contributed by atoms with Gasteiger partial charge in [-0.1, -0.05) is 19.1 Å². The smallest absolute Gasteiger partial charge is 0.292 e. The molecule has 2 rings (SSSR count). The fraction of sp³-hybridized carbons (Fsp3) is 0.368. The van der Waals surface area contributed by atoms with E-state index in [0.717, 1.165) is 11.6 Å². The lowest BCUT2D eigenvalue weighted by Gasteiger charge is -2.16. The molecule has 0 aliphatic carbocycles. The highest BCUT2D eigenvalue weighted by Gasteiger charge is 2.31. The Balaban J connectivity index is 2.25. The molecular formula is C19H22F2N2O4. The van der Waals surface area contributed by atoms with E-state index in [0.29, 0.717) is 18.1 Å². The molecule has 6 nitrogen and oxygen atoms in total. The Hall–Kier alpha value is -2.90. The van der Waals surface area contributed by atoms with Crippen LogP contribution in [-0.4, -0.2) is 18.6 Å². The van der Waals surface area contributed by atoms with Gasteiger partial charge in [-0.2, -0.15) is 0 Å². The van der Waals surface area contributed by atoms with Crippen LogP contribution in [0.25, 0.3) is 0 Å². The van der Waals surface area contributed by atoms with Gasteiger partial charge >= 0.3 is 0 Å². The molecule has 2 aromatic rings. The van der Waals surface area contributed by atoms with Gasteiger partial charge in [-0.3, -0.25) is 10.1 Å². The number of nitrogens with one attached hydrogen (secondary N) is 1. The summed E-state index contributed by atoms with van der Waals surface area (Å²) in [6.45, 7) is 3.90. The molecular weight excluding hydrogens is 358 g/mol. The van der Waals surface area contributed by atoms with Crippen LogP contribution in [0.15, 0.2) is 36.4 Å². The minimum absolute atomic E-state index is 0.171. The predicted molar refractivity (Wildman–Crippen MR) is 98.8 cm³/mol. The van der Waals surface area contributed by atoms with Gasteiger partial charge in [-0.05, 0) is 30.7 Å². The Morgan fingerprint density at radius 1 is 1.15 bits per heavy atom. The minimum atomic E-state index is -3.11. The third kappa shape index (κ3) is 4.84. The lowest BCUT2D eigenvalue weighted by atomic mass is 10.0. The zero-order valence-electron chi connectivity index (χ0n) is 15.4. The lowest BCUT2D eigenvalue weighted by molar-refractivity contribution is -0.384. The Morgan fingerprint density at radius 2 is 1.89 bits per heavy atom. The van der Waals surface area contributed by atoms with Crippen LogP contribution in [0.4, 0.5) is 20.2 Å². The van der Waals surface area contributed by atoms with Crippen molar-refractivity contribution < 1.29 is 23.2 Å². The van der Waals surface area contributed by atoms with E-state index in [2.05, 4.69) is 5.32 Å². The Kier molecular flexibility index (Phi) is 6.55. The fourth-order valence-electron chi connectivity index (χ4n) is 2.56. The first-order valence-corrected chi connectivity index (χ1v) is 8.52. The number of benzene rings is 2. The van der Waals surface area contributed by atoms with Crippen LogP contribution in [0.1, 0.15) is 31.4 Å². The maximum Gasteiger partial charge on any atom is 0.292 e. The summed E-state index contributed by atoms with van der Waals surface area (Å²) in [7, 11) is 1.53. The highest BCUT2D eigenvalue weighted by molar-refractivity contribution is 5.63. The Bertz CT molecular complexity index is 812. The van der Waals surface area contributed by atoms with E-state index in [1.165, 1.54) is 26.2 Å². The SMILES string of the molecule is CCOc1cc(CNc2ccc(C(F)(F)CC)cc2[N+](=O)[O-])ccc1OC. The van der Waals surface area contributed by atoms with Crippen LogP contribution in [0.2, 0.25) is 0 Å². The number of nitrogens with zero attached hydrogens (tertiary/aromatic N) is 1. The first-order valence-electron chi connectivity index (χ1n) is 8.52. The number of hydrogen-bond donors (Lipinski definition) is 1. The molecule has 8 heteroatoms. The highest BCUT2D eigenvalue weighted by atomic mass is 19.3. The van der Waals surface area contributed by atoms with E-state index in [9.17, 15) is 18.9 Å². The van der Waals surface area contributed by atoms with Crippen molar-refractivity contribution in [2.24, 2.45) is 0 Å². The molecule has 2 aromatic carbocycles. The molecule has 0 atom stereocenters. The molecule has 0 aliphatic heterocycles. The van der Waals surface area contributed by atoms with Gasteiger partial charge in [0.15, 0.2) is 11.5 Å². The molecule has 146 valence electrons. The van der Waals surface area contributed by atoms with Crippen molar-refractivity contribution in [1.29, 1.82) is 0 Å². The molecule has 0 unspecified atom stereocenters. The van der Waals surface area contributed by atoms with Crippen molar-refractivity contribution in [2.75, 3.05) is 19.0 Å². The molecule has 27 heavy (non-hydrogen) atoms. The average Bonchev–Trinajstić information content (AvgIpc) is 2.66. The summed E-state index contributed by atoms with van der Waals surface area (Å²) >= 11 is 0. The molecule has 0 saturated heterocycles. The molecule has 0 bridgehead atoms. The second kappa shape index (κ2) is 8.66. The second-order valence-corrected chi connectivity index (χ2v) is 5.82. The molecule has 0 aromatic heterocycles. The number of halogens is 2. The Morgan fingerprint density at radius 3 is 2.48 bits per heavy atom. The predicted octanol–water partition coefficient (Wildman–Crippen LogP) is 5.12. The average molecular weight is 380 g/mol. The molecule has 0 radical (unpaired) electrons. The zero-order chi connectivity index (χ0) is 20.0. The van der Waals surface area contributed by atoms with Crippen molar-refractivity contribution in [3.8, 4) is 11.5 Å². The quantitative estimate of drug-likeness (QED) is 0.483. The summed E-state index contributed by atoms with van der Waals surface area (Å²) in [5.74, 6) is -1.96. The van der Waals surface area contributed by atoms with Gasteiger partial charge in [0.25, 0.3) is 11.6 Å². The van der Waals surface area contributed by atoms with Gasteiger partial charge in [0.2, 0.25) is 0 Å². The number of nitro groups is 1. The third-order valence-corrected chi connectivity index (χ3v) is 4.07. The van der Waals surface area contributed by atoms with E-state index < -0.39 is 17.3 Å².